The molecule has 4 atom stereocenters. The minimum Gasteiger partial charge on any atom is -0.459 e. The van der Waals surface area contributed by atoms with Gasteiger partial charge in [-0.05, 0) is 36.4 Å². The third kappa shape index (κ3) is 6.82. The van der Waals surface area contributed by atoms with Crippen molar-refractivity contribution < 1.29 is 33.3 Å². The van der Waals surface area contributed by atoms with Crippen molar-refractivity contribution in [1.29, 1.82) is 0 Å². The standard InChI is InChI=1S/C38H29N5O9/c1-42-33(44)28-32(40-38(42)48)43(41-31(39-28)23-14-6-2-7-15-23)34-30(52-37(47)26-20-12-5-13-21-26)29(51-36(46)25-18-10-4-11-19-25)27(50-34)22-49-35(45)24-16-8-3-9-17-24/h2-21,27,29-30,34H,22H2,1H3/t27-,29-,30-,34-/m1/s1. The van der Waals surface area contributed by atoms with Crippen molar-refractivity contribution in [3.63, 3.8) is 0 Å². The number of rotatable bonds is 9. The van der Waals surface area contributed by atoms with E-state index in [0.29, 0.717) is 5.56 Å². The minimum atomic E-state index is -1.49. The van der Waals surface area contributed by atoms with Gasteiger partial charge in [0.1, 0.15) is 12.7 Å². The van der Waals surface area contributed by atoms with Crippen LogP contribution in [0.25, 0.3) is 22.9 Å². The van der Waals surface area contributed by atoms with Gasteiger partial charge in [-0.3, -0.25) is 9.36 Å². The molecule has 1 saturated heterocycles. The van der Waals surface area contributed by atoms with Crippen molar-refractivity contribution in [2.75, 3.05) is 6.61 Å². The first kappa shape index (κ1) is 33.7. The molecule has 0 unspecified atom stereocenters. The number of aromatic nitrogens is 5. The van der Waals surface area contributed by atoms with Crippen LogP contribution in [-0.2, 0) is 26.0 Å². The highest BCUT2D eigenvalue weighted by molar-refractivity contribution is 5.91. The average Bonchev–Trinajstić information content (AvgIpc) is 3.52. The van der Waals surface area contributed by atoms with Crippen LogP contribution < -0.4 is 11.2 Å². The summed E-state index contributed by atoms with van der Waals surface area (Å²) in [7, 11) is 1.26. The lowest BCUT2D eigenvalue weighted by Crippen LogP contribution is -2.42. The largest absolute Gasteiger partial charge is 0.459 e. The van der Waals surface area contributed by atoms with Gasteiger partial charge in [-0.15, -0.1) is 5.10 Å². The van der Waals surface area contributed by atoms with Crippen LogP contribution >= 0.6 is 0 Å². The third-order valence-electron chi connectivity index (χ3n) is 8.30. The maximum Gasteiger partial charge on any atom is 0.352 e. The van der Waals surface area contributed by atoms with E-state index in [1.54, 1.807) is 109 Å². The van der Waals surface area contributed by atoms with Crippen molar-refractivity contribution in [2.24, 2.45) is 7.05 Å². The molecule has 3 aliphatic rings. The molecule has 0 N–H and O–H groups in total. The predicted molar refractivity (Wildman–Crippen MR) is 183 cm³/mol. The molecule has 4 aromatic rings. The summed E-state index contributed by atoms with van der Waals surface area (Å²) < 4.78 is 26.0. The highest BCUT2D eigenvalue weighted by atomic mass is 16.7. The SMILES string of the molecule is Cn1c(=O)nc2n([C@@H]3O[C@H](COC(=O)c4ccccc4)[C@@H](OC(=O)c4ccccc4)[C@H]3OC(=O)c3ccccc3)nc(-c3ccccc3)nc-2c1=O. The van der Waals surface area contributed by atoms with Crippen molar-refractivity contribution in [3.8, 4) is 22.9 Å². The summed E-state index contributed by atoms with van der Waals surface area (Å²) in [5, 5.41) is 4.64. The minimum absolute atomic E-state index is 0.0548. The second-order valence-electron chi connectivity index (χ2n) is 11.7. The predicted octanol–water partition coefficient (Wildman–Crippen LogP) is 3.71. The topological polar surface area (TPSA) is 171 Å². The molecular weight excluding hydrogens is 670 g/mol. The van der Waals surface area contributed by atoms with E-state index in [9.17, 15) is 24.0 Å². The summed E-state index contributed by atoms with van der Waals surface area (Å²) in [4.78, 5) is 75.2. The number of esters is 3. The monoisotopic (exact) mass is 699 g/mol. The molecule has 4 aromatic carbocycles. The maximum absolute atomic E-state index is 13.7. The smallest absolute Gasteiger partial charge is 0.352 e. The molecule has 52 heavy (non-hydrogen) atoms. The van der Waals surface area contributed by atoms with E-state index in [1.165, 1.54) is 19.2 Å². The van der Waals surface area contributed by atoms with Crippen molar-refractivity contribution >= 4 is 17.9 Å². The molecule has 3 aliphatic heterocycles. The van der Waals surface area contributed by atoms with Crippen LogP contribution in [0, 0.1) is 0 Å². The normalized spacial score (nSPS) is 18.1. The zero-order chi connectivity index (χ0) is 36.2. The van der Waals surface area contributed by atoms with Crippen LogP contribution in [0.2, 0.25) is 0 Å². The summed E-state index contributed by atoms with van der Waals surface area (Å²) >= 11 is 0. The third-order valence-corrected chi connectivity index (χ3v) is 8.30. The Balaban J connectivity index is 1.37. The van der Waals surface area contributed by atoms with E-state index in [0.717, 1.165) is 9.25 Å². The number of ether oxygens (including phenoxy) is 4. The van der Waals surface area contributed by atoms with Gasteiger partial charge in [0.2, 0.25) is 0 Å². The number of carbonyl (C=O) groups is 3. The van der Waals surface area contributed by atoms with E-state index >= 15 is 0 Å². The van der Waals surface area contributed by atoms with Crippen LogP contribution in [0.1, 0.15) is 37.3 Å². The summed E-state index contributed by atoms with van der Waals surface area (Å²) in [5.41, 5.74) is -0.782. The summed E-state index contributed by atoms with van der Waals surface area (Å²) in [6.45, 7) is -0.465. The van der Waals surface area contributed by atoms with Gasteiger partial charge in [0, 0.05) is 12.6 Å². The molecular formula is C38H29N5O9. The number of benzene rings is 4. The van der Waals surface area contributed by atoms with Crippen LogP contribution in [0.15, 0.2) is 131 Å². The quantitative estimate of drug-likeness (QED) is 0.159. The molecule has 0 saturated carbocycles. The van der Waals surface area contributed by atoms with Crippen LogP contribution in [0.5, 0.6) is 0 Å². The lowest BCUT2D eigenvalue weighted by atomic mass is 10.1. The Labute approximate surface area is 295 Å². The van der Waals surface area contributed by atoms with E-state index < -0.39 is 60.3 Å². The first-order chi connectivity index (χ1) is 25.3. The van der Waals surface area contributed by atoms with Gasteiger partial charge in [0.15, 0.2) is 35.8 Å². The van der Waals surface area contributed by atoms with Crippen molar-refractivity contribution in [2.45, 2.75) is 24.5 Å². The van der Waals surface area contributed by atoms with Crippen molar-refractivity contribution in [1.82, 2.24) is 24.3 Å². The molecule has 1 fully saturated rings. The number of fused-ring (bicyclic) bond motifs is 1. The van der Waals surface area contributed by atoms with Crippen LogP contribution in [-0.4, -0.2) is 67.1 Å². The van der Waals surface area contributed by atoms with Gasteiger partial charge in [0.05, 0.1) is 16.7 Å². The molecule has 260 valence electrons. The van der Waals surface area contributed by atoms with E-state index in [2.05, 4.69) is 15.1 Å². The second kappa shape index (κ2) is 14.6. The zero-order valence-electron chi connectivity index (χ0n) is 27.5. The first-order valence-electron chi connectivity index (χ1n) is 16.1. The van der Waals surface area contributed by atoms with Crippen LogP contribution in [0.4, 0.5) is 0 Å². The number of carbonyl (C=O) groups excluding carboxylic acids is 3. The Morgan fingerprint density at radius 3 is 1.73 bits per heavy atom. The maximum atomic E-state index is 13.7. The molecule has 0 radical (unpaired) electrons. The zero-order valence-corrected chi connectivity index (χ0v) is 27.5. The summed E-state index contributed by atoms with van der Waals surface area (Å²) in [5.74, 6) is -2.51. The number of nitrogens with zero attached hydrogens (tertiary/aromatic N) is 5. The number of hydrogen-bond acceptors (Lipinski definition) is 12. The number of hydrogen-bond donors (Lipinski definition) is 0. The molecule has 0 aromatic heterocycles. The summed E-state index contributed by atoms with van der Waals surface area (Å²) in [6.07, 6.45) is -5.65. The molecule has 14 nitrogen and oxygen atoms in total. The van der Waals surface area contributed by atoms with E-state index in [4.69, 9.17) is 18.9 Å². The Bertz CT molecular complexity index is 2320. The molecule has 0 amide bonds. The molecule has 3 heterocycles. The van der Waals surface area contributed by atoms with Gasteiger partial charge in [-0.2, -0.15) is 4.98 Å². The highest BCUT2D eigenvalue weighted by Crippen LogP contribution is 2.37. The molecule has 14 heteroatoms. The summed E-state index contributed by atoms with van der Waals surface area (Å²) in [6, 6.07) is 33.1. The lowest BCUT2D eigenvalue weighted by molar-refractivity contribution is -0.0673. The van der Waals surface area contributed by atoms with Gasteiger partial charge >= 0.3 is 23.6 Å². The average molecular weight is 700 g/mol. The van der Waals surface area contributed by atoms with E-state index in [1.807, 2.05) is 0 Å². The van der Waals surface area contributed by atoms with Gasteiger partial charge < -0.3 is 18.9 Å². The Morgan fingerprint density at radius 1 is 0.673 bits per heavy atom. The van der Waals surface area contributed by atoms with Gasteiger partial charge in [-0.1, -0.05) is 84.9 Å². The van der Waals surface area contributed by atoms with E-state index in [-0.39, 0.29) is 34.0 Å². The fraction of sp³-hybridized carbons (Fsp3) is 0.158. The van der Waals surface area contributed by atoms with Gasteiger partial charge in [-0.25, -0.2) is 28.8 Å². The Hall–Kier alpha value is -6.80. The van der Waals surface area contributed by atoms with Crippen LogP contribution in [0.3, 0.4) is 0 Å². The fourth-order valence-electron chi connectivity index (χ4n) is 5.64. The second-order valence-corrected chi connectivity index (χ2v) is 11.7. The molecule has 0 aliphatic carbocycles. The lowest BCUT2D eigenvalue weighted by Gasteiger charge is -2.26. The first-order valence-corrected chi connectivity index (χ1v) is 16.1. The Morgan fingerprint density at radius 2 is 1.17 bits per heavy atom. The Kier molecular flexibility index (Phi) is 9.45. The fourth-order valence-corrected chi connectivity index (χ4v) is 5.64. The molecule has 0 spiro atoms. The van der Waals surface area contributed by atoms with Crippen molar-refractivity contribution in [3.05, 3.63) is 159 Å². The highest BCUT2D eigenvalue weighted by Gasteiger charge is 2.52. The molecule has 7 rings (SSSR count). The van der Waals surface area contributed by atoms with Gasteiger partial charge in [0.25, 0.3) is 5.56 Å². The molecule has 0 bridgehead atoms.